The molecule has 1 aromatic carbocycles. The van der Waals surface area contributed by atoms with Gasteiger partial charge in [0.1, 0.15) is 11.5 Å². The van der Waals surface area contributed by atoms with E-state index in [1.165, 1.54) is 25.2 Å². The number of rotatable bonds is 6. The third-order valence-electron chi connectivity index (χ3n) is 2.63. The Morgan fingerprint density at radius 2 is 1.83 bits per heavy atom. The van der Waals surface area contributed by atoms with Gasteiger partial charge in [-0.25, -0.2) is 13.1 Å². The molecule has 0 saturated carbocycles. The standard InChI is InChI=1S/C11H18N2O4S/c1-8(13-6-7-18(16,17)12-2)11-9(14)4-3-5-10(11)15/h3-5,8,12-15H,6-7H2,1-2H3. The maximum atomic E-state index is 11.2. The Kier molecular flexibility index (Phi) is 4.94. The fraction of sp³-hybridized carbons (Fsp3) is 0.455. The van der Waals surface area contributed by atoms with E-state index < -0.39 is 10.0 Å². The van der Waals surface area contributed by atoms with Crippen molar-refractivity contribution in [2.24, 2.45) is 0 Å². The van der Waals surface area contributed by atoms with E-state index in [9.17, 15) is 18.6 Å². The number of aromatic hydroxyl groups is 2. The quantitative estimate of drug-likeness (QED) is 0.598. The van der Waals surface area contributed by atoms with E-state index in [2.05, 4.69) is 10.0 Å². The predicted octanol–water partition coefficient (Wildman–Crippen LogP) is 0.298. The lowest BCUT2D eigenvalue weighted by Gasteiger charge is -2.16. The van der Waals surface area contributed by atoms with Crippen LogP contribution in [-0.2, 0) is 10.0 Å². The summed E-state index contributed by atoms with van der Waals surface area (Å²) in [7, 11) is -1.90. The highest BCUT2D eigenvalue weighted by Crippen LogP contribution is 2.31. The van der Waals surface area contributed by atoms with Crippen LogP contribution in [0.25, 0.3) is 0 Å². The van der Waals surface area contributed by atoms with Gasteiger partial charge in [0.15, 0.2) is 0 Å². The fourth-order valence-electron chi connectivity index (χ4n) is 1.60. The van der Waals surface area contributed by atoms with Crippen LogP contribution in [0.4, 0.5) is 0 Å². The van der Waals surface area contributed by atoms with Crippen molar-refractivity contribution < 1.29 is 18.6 Å². The number of sulfonamides is 1. The Labute approximate surface area is 107 Å². The van der Waals surface area contributed by atoms with Crippen molar-refractivity contribution in [3.05, 3.63) is 23.8 Å². The maximum Gasteiger partial charge on any atom is 0.212 e. The summed E-state index contributed by atoms with van der Waals surface area (Å²) >= 11 is 0. The molecule has 1 rings (SSSR count). The van der Waals surface area contributed by atoms with Gasteiger partial charge in [-0.2, -0.15) is 0 Å². The van der Waals surface area contributed by atoms with Gasteiger partial charge < -0.3 is 15.5 Å². The molecule has 0 heterocycles. The summed E-state index contributed by atoms with van der Waals surface area (Å²) in [5.74, 6) is -0.111. The lowest BCUT2D eigenvalue weighted by molar-refractivity contribution is 0.421. The number of phenolic OH excluding ortho intramolecular Hbond substituents is 2. The van der Waals surface area contributed by atoms with E-state index in [0.717, 1.165) is 0 Å². The van der Waals surface area contributed by atoms with Gasteiger partial charge in [-0.1, -0.05) is 6.07 Å². The summed E-state index contributed by atoms with van der Waals surface area (Å²) in [6.07, 6.45) is 0. The molecule has 0 aliphatic rings. The van der Waals surface area contributed by atoms with Gasteiger partial charge in [0, 0.05) is 12.6 Å². The number of nitrogens with one attached hydrogen (secondary N) is 2. The van der Waals surface area contributed by atoms with Crippen molar-refractivity contribution in [2.75, 3.05) is 19.3 Å². The molecule has 1 atom stereocenters. The smallest absolute Gasteiger partial charge is 0.212 e. The minimum absolute atomic E-state index is 0.0218. The van der Waals surface area contributed by atoms with Crippen LogP contribution in [0.15, 0.2) is 18.2 Å². The Hall–Kier alpha value is -1.31. The van der Waals surface area contributed by atoms with Crippen LogP contribution in [0.1, 0.15) is 18.5 Å². The zero-order valence-corrected chi connectivity index (χ0v) is 11.2. The summed E-state index contributed by atoms with van der Waals surface area (Å²) in [6, 6.07) is 4.12. The van der Waals surface area contributed by atoms with E-state index in [1.807, 2.05) is 0 Å². The highest BCUT2D eigenvalue weighted by Gasteiger charge is 2.15. The molecule has 0 amide bonds. The highest BCUT2D eigenvalue weighted by molar-refractivity contribution is 7.89. The normalized spacial score (nSPS) is 13.4. The topological polar surface area (TPSA) is 98.7 Å². The molecule has 0 aromatic heterocycles. The Morgan fingerprint density at radius 1 is 1.28 bits per heavy atom. The van der Waals surface area contributed by atoms with E-state index in [4.69, 9.17) is 0 Å². The lowest BCUT2D eigenvalue weighted by Crippen LogP contribution is -2.30. The summed E-state index contributed by atoms with van der Waals surface area (Å²) in [5, 5.41) is 22.2. The summed E-state index contributed by atoms with van der Waals surface area (Å²) < 4.78 is 24.6. The SMILES string of the molecule is CNS(=O)(=O)CCNC(C)c1c(O)cccc1O. The number of hydrogen-bond donors (Lipinski definition) is 4. The van der Waals surface area contributed by atoms with Crippen molar-refractivity contribution in [3.63, 3.8) is 0 Å². The minimum Gasteiger partial charge on any atom is -0.507 e. The first-order valence-electron chi connectivity index (χ1n) is 5.53. The molecule has 1 aromatic rings. The van der Waals surface area contributed by atoms with Crippen LogP contribution in [0.5, 0.6) is 11.5 Å². The van der Waals surface area contributed by atoms with Gasteiger partial charge >= 0.3 is 0 Å². The highest BCUT2D eigenvalue weighted by atomic mass is 32.2. The summed E-state index contributed by atoms with van der Waals surface area (Å²) in [5.41, 5.74) is 0.361. The molecule has 0 aliphatic carbocycles. The van der Waals surface area contributed by atoms with Crippen molar-refractivity contribution >= 4 is 10.0 Å². The molecule has 7 heteroatoms. The lowest BCUT2D eigenvalue weighted by atomic mass is 10.1. The van der Waals surface area contributed by atoms with Crippen LogP contribution in [0, 0.1) is 0 Å². The molecule has 102 valence electrons. The molecule has 0 fully saturated rings. The van der Waals surface area contributed by atoms with E-state index in [1.54, 1.807) is 6.92 Å². The van der Waals surface area contributed by atoms with Gasteiger partial charge in [-0.3, -0.25) is 0 Å². The van der Waals surface area contributed by atoms with Gasteiger partial charge in [0.25, 0.3) is 0 Å². The van der Waals surface area contributed by atoms with Gasteiger partial charge in [0.2, 0.25) is 10.0 Å². The van der Waals surface area contributed by atoms with Gasteiger partial charge in [0.05, 0.1) is 11.3 Å². The second-order valence-electron chi connectivity index (χ2n) is 3.91. The zero-order chi connectivity index (χ0) is 13.8. The third-order valence-corrected chi connectivity index (χ3v) is 3.99. The summed E-state index contributed by atoms with van der Waals surface area (Å²) in [4.78, 5) is 0. The second kappa shape index (κ2) is 6.03. The molecular formula is C11H18N2O4S. The molecule has 0 saturated heterocycles. The van der Waals surface area contributed by atoms with Crippen LogP contribution in [0.3, 0.4) is 0 Å². The first-order chi connectivity index (χ1) is 8.37. The Bertz CT molecular complexity index is 482. The van der Waals surface area contributed by atoms with Crippen molar-refractivity contribution in [1.29, 1.82) is 0 Å². The Balaban J connectivity index is 2.64. The van der Waals surface area contributed by atoms with Crippen molar-refractivity contribution in [2.45, 2.75) is 13.0 Å². The van der Waals surface area contributed by atoms with Crippen LogP contribution < -0.4 is 10.0 Å². The molecule has 0 spiro atoms. The average Bonchev–Trinajstić information content (AvgIpc) is 2.28. The largest absolute Gasteiger partial charge is 0.507 e. The van der Waals surface area contributed by atoms with Crippen LogP contribution in [-0.4, -0.2) is 38.0 Å². The molecule has 18 heavy (non-hydrogen) atoms. The van der Waals surface area contributed by atoms with E-state index >= 15 is 0 Å². The first-order valence-corrected chi connectivity index (χ1v) is 7.18. The molecule has 4 N–H and O–H groups in total. The van der Waals surface area contributed by atoms with Gasteiger partial charge in [-0.15, -0.1) is 0 Å². The molecule has 0 radical (unpaired) electrons. The molecule has 0 aliphatic heterocycles. The van der Waals surface area contributed by atoms with Crippen molar-refractivity contribution in [1.82, 2.24) is 10.0 Å². The third kappa shape index (κ3) is 3.86. The molecule has 0 bridgehead atoms. The first kappa shape index (κ1) is 14.7. The van der Waals surface area contributed by atoms with Gasteiger partial charge in [-0.05, 0) is 26.1 Å². The summed E-state index contributed by atoms with van der Waals surface area (Å²) in [6.45, 7) is 1.96. The number of phenols is 2. The van der Waals surface area contributed by atoms with Crippen LogP contribution >= 0.6 is 0 Å². The zero-order valence-electron chi connectivity index (χ0n) is 10.3. The van der Waals surface area contributed by atoms with E-state index in [0.29, 0.717) is 5.56 Å². The Morgan fingerprint density at radius 3 is 2.33 bits per heavy atom. The molecule has 1 unspecified atom stereocenters. The molecule has 6 nitrogen and oxygen atoms in total. The maximum absolute atomic E-state index is 11.2. The fourth-order valence-corrected chi connectivity index (χ4v) is 2.19. The second-order valence-corrected chi connectivity index (χ2v) is 5.95. The number of benzene rings is 1. The van der Waals surface area contributed by atoms with Crippen molar-refractivity contribution in [3.8, 4) is 11.5 Å². The number of hydrogen-bond acceptors (Lipinski definition) is 5. The average molecular weight is 274 g/mol. The monoisotopic (exact) mass is 274 g/mol. The predicted molar refractivity (Wildman–Crippen MR) is 69.0 cm³/mol. The van der Waals surface area contributed by atoms with Crippen LogP contribution in [0.2, 0.25) is 0 Å². The van der Waals surface area contributed by atoms with E-state index in [-0.39, 0.29) is 29.8 Å². The minimum atomic E-state index is -3.26. The molecular weight excluding hydrogens is 256 g/mol.